The first-order chi connectivity index (χ1) is 13.4. The van der Waals surface area contributed by atoms with Gasteiger partial charge in [0.25, 0.3) is 0 Å². The number of esters is 1. The van der Waals surface area contributed by atoms with Crippen molar-refractivity contribution < 1.29 is 9.53 Å². The highest BCUT2D eigenvalue weighted by Gasteiger charge is 2.12. The van der Waals surface area contributed by atoms with Crippen molar-refractivity contribution in [2.24, 2.45) is 4.99 Å². The highest BCUT2D eigenvalue weighted by atomic mass is 16.5. The van der Waals surface area contributed by atoms with E-state index in [0.29, 0.717) is 12.2 Å². The maximum absolute atomic E-state index is 12.1. The molecule has 0 aliphatic heterocycles. The van der Waals surface area contributed by atoms with Crippen LogP contribution in [-0.2, 0) is 4.74 Å². The zero-order valence-corrected chi connectivity index (χ0v) is 17.1. The predicted octanol–water partition coefficient (Wildman–Crippen LogP) is 5.64. The van der Waals surface area contributed by atoms with Gasteiger partial charge in [0.15, 0.2) is 0 Å². The Bertz CT molecular complexity index is 1040. The van der Waals surface area contributed by atoms with Crippen molar-refractivity contribution in [3.8, 4) is 5.69 Å². The highest BCUT2D eigenvalue weighted by Crippen LogP contribution is 2.22. The molecule has 0 unspecified atom stereocenters. The van der Waals surface area contributed by atoms with E-state index in [1.54, 1.807) is 6.07 Å². The maximum atomic E-state index is 12.1. The Labute approximate surface area is 166 Å². The number of ether oxygens (including phenoxy) is 1. The average molecular weight is 374 g/mol. The number of aryl methyl sites for hydroxylation is 3. The fourth-order valence-electron chi connectivity index (χ4n) is 3.25. The molecule has 0 saturated carbocycles. The summed E-state index contributed by atoms with van der Waals surface area (Å²) in [6.07, 6.45) is 1.90. The summed E-state index contributed by atoms with van der Waals surface area (Å²) in [5.74, 6) is -0.302. The molecule has 0 fully saturated rings. The normalized spacial score (nSPS) is 11.2. The molecule has 0 amide bonds. The molecular weight excluding hydrogens is 348 g/mol. The molecule has 1 aromatic heterocycles. The van der Waals surface area contributed by atoms with Crippen molar-refractivity contribution in [2.45, 2.75) is 34.6 Å². The van der Waals surface area contributed by atoms with Crippen molar-refractivity contribution >= 4 is 17.9 Å². The van der Waals surface area contributed by atoms with E-state index in [1.807, 2.05) is 37.4 Å². The number of aromatic nitrogens is 1. The molecule has 3 rings (SSSR count). The van der Waals surface area contributed by atoms with Crippen molar-refractivity contribution in [1.29, 1.82) is 0 Å². The summed E-state index contributed by atoms with van der Waals surface area (Å²) in [5.41, 5.74) is 8.14. The van der Waals surface area contributed by atoms with Crippen LogP contribution in [0, 0.1) is 27.7 Å². The third-order valence-electron chi connectivity index (χ3n) is 4.93. The van der Waals surface area contributed by atoms with Crippen LogP contribution in [0.1, 0.15) is 45.4 Å². The van der Waals surface area contributed by atoms with E-state index in [0.717, 1.165) is 28.3 Å². The monoisotopic (exact) mass is 374 g/mol. The Balaban J connectivity index is 1.94. The van der Waals surface area contributed by atoms with Crippen LogP contribution in [0.4, 0.5) is 5.69 Å². The van der Waals surface area contributed by atoms with Crippen LogP contribution in [0.15, 0.2) is 53.5 Å². The van der Waals surface area contributed by atoms with Gasteiger partial charge in [0.1, 0.15) is 0 Å². The molecule has 0 saturated heterocycles. The molecule has 0 aliphatic rings. The molecule has 28 heavy (non-hydrogen) atoms. The lowest BCUT2D eigenvalue weighted by atomic mass is 10.1. The lowest BCUT2D eigenvalue weighted by Crippen LogP contribution is -2.06. The van der Waals surface area contributed by atoms with Crippen LogP contribution in [0.25, 0.3) is 5.69 Å². The number of benzene rings is 2. The van der Waals surface area contributed by atoms with Gasteiger partial charge < -0.3 is 9.30 Å². The first-order valence-corrected chi connectivity index (χ1v) is 9.48. The molecule has 144 valence electrons. The van der Waals surface area contributed by atoms with E-state index in [9.17, 15) is 4.79 Å². The van der Waals surface area contributed by atoms with Gasteiger partial charge in [-0.05, 0) is 82.1 Å². The summed E-state index contributed by atoms with van der Waals surface area (Å²) in [5, 5.41) is 0. The minimum absolute atomic E-state index is 0.302. The molecule has 0 spiro atoms. The number of carbonyl (C=O) groups is 1. The molecular formula is C24H26N2O2. The molecule has 0 aliphatic carbocycles. The fraction of sp³-hybridized carbons (Fsp3) is 0.250. The number of aliphatic imine (C=N–C) groups is 1. The SMILES string of the molecule is CCOC(=O)c1cccc(-n2c(C)cc(C=Nc3ccc(C)c(C)c3)c2C)c1. The minimum atomic E-state index is -0.302. The molecule has 4 heteroatoms. The van der Waals surface area contributed by atoms with Gasteiger partial charge in [-0.1, -0.05) is 12.1 Å². The van der Waals surface area contributed by atoms with E-state index in [4.69, 9.17) is 4.74 Å². The first kappa shape index (κ1) is 19.6. The van der Waals surface area contributed by atoms with Gasteiger partial charge in [0.05, 0.1) is 17.9 Å². The van der Waals surface area contributed by atoms with Gasteiger partial charge in [0, 0.05) is 28.9 Å². The van der Waals surface area contributed by atoms with Crippen LogP contribution >= 0.6 is 0 Å². The molecule has 4 nitrogen and oxygen atoms in total. The van der Waals surface area contributed by atoms with E-state index in [1.165, 1.54) is 11.1 Å². The zero-order valence-electron chi connectivity index (χ0n) is 17.1. The second-order valence-electron chi connectivity index (χ2n) is 6.96. The molecule has 3 aromatic rings. The second kappa shape index (κ2) is 8.26. The topological polar surface area (TPSA) is 43.6 Å². The van der Waals surface area contributed by atoms with Crippen LogP contribution < -0.4 is 0 Å². The quantitative estimate of drug-likeness (QED) is 0.428. The Morgan fingerprint density at radius 3 is 2.54 bits per heavy atom. The van der Waals surface area contributed by atoms with Crippen LogP contribution in [0.5, 0.6) is 0 Å². The molecule has 2 aromatic carbocycles. The van der Waals surface area contributed by atoms with E-state index in [-0.39, 0.29) is 5.97 Å². The lowest BCUT2D eigenvalue weighted by Gasteiger charge is -2.11. The predicted molar refractivity (Wildman–Crippen MR) is 114 cm³/mol. The van der Waals surface area contributed by atoms with Crippen LogP contribution in [0.3, 0.4) is 0 Å². The van der Waals surface area contributed by atoms with Gasteiger partial charge in [-0.25, -0.2) is 4.79 Å². The summed E-state index contributed by atoms with van der Waals surface area (Å²) < 4.78 is 7.25. The van der Waals surface area contributed by atoms with Crippen LogP contribution in [-0.4, -0.2) is 23.4 Å². The number of hydrogen-bond acceptors (Lipinski definition) is 3. The van der Waals surface area contributed by atoms with E-state index < -0.39 is 0 Å². The standard InChI is InChI=1S/C24H26N2O2/c1-6-28-24(27)20-8-7-9-23(14-20)26-18(4)13-21(19(26)5)15-25-22-11-10-16(2)17(3)12-22/h7-15H,6H2,1-5H3. The zero-order chi connectivity index (χ0) is 20.3. The maximum Gasteiger partial charge on any atom is 0.338 e. The Morgan fingerprint density at radius 2 is 1.82 bits per heavy atom. The first-order valence-electron chi connectivity index (χ1n) is 9.48. The Kier molecular flexibility index (Phi) is 5.78. The molecule has 1 heterocycles. The van der Waals surface area contributed by atoms with Gasteiger partial charge in [-0.3, -0.25) is 4.99 Å². The second-order valence-corrected chi connectivity index (χ2v) is 6.96. The average Bonchev–Trinajstić information content (AvgIpc) is 2.96. The van der Waals surface area contributed by atoms with Gasteiger partial charge in [-0.2, -0.15) is 0 Å². The third-order valence-corrected chi connectivity index (χ3v) is 4.93. The molecule has 0 atom stereocenters. The van der Waals surface area contributed by atoms with Gasteiger partial charge in [-0.15, -0.1) is 0 Å². The largest absolute Gasteiger partial charge is 0.462 e. The van der Waals surface area contributed by atoms with Crippen molar-refractivity contribution in [3.63, 3.8) is 0 Å². The smallest absolute Gasteiger partial charge is 0.338 e. The molecule has 0 radical (unpaired) electrons. The fourth-order valence-corrected chi connectivity index (χ4v) is 3.25. The Morgan fingerprint density at radius 1 is 1.04 bits per heavy atom. The molecule has 0 N–H and O–H groups in total. The Hall–Kier alpha value is -3.14. The summed E-state index contributed by atoms with van der Waals surface area (Å²) in [6, 6.07) is 15.8. The summed E-state index contributed by atoms with van der Waals surface area (Å²) in [7, 11) is 0. The summed E-state index contributed by atoms with van der Waals surface area (Å²) in [4.78, 5) is 16.7. The van der Waals surface area contributed by atoms with E-state index in [2.05, 4.69) is 55.5 Å². The molecule has 0 bridgehead atoms. The number of rotatable bonds is 5. The van der Waals surface area contributed by atoms with Crippen molar-refractivity contribution in [2.75, 3.05) is 6.61 Å². The number of carbonyl (C=O) groups excluding carboxylic acids is 1. The van der Waals surface area contributed by atoms with Crippen molar-refractivity contribution in [3.05, 3.63) is 82.2 Å². The van der Waals surface area contributed by atoms with Gasteiger partial charge >= 0.3 is 5.97 Å². The van der Waals surface area contributed by atoms with Crippen LogP contribution in [0.2, 0.25) is 0 Å². The summed E-state index contributed by atoms with van der Waals surface area (Å²) in [6.45, 7) is 10.5. The highest BCUT2D eigenvalue weighted by molar-refractivity contribution is 5.90. The minimum Gasteiger partial charge on any atom is -0.462 e. The summed E-state index contributed by atoms with van der Waals surface area (Å²) >= 11 is 0. The number of hydrogen-bond donors (Lipinski definition) is 0. The van der Waals surface area contributed by atoms with E-state index >= 15 is 0 Å². The number of nitrogens with zero attached hydrogens (tertiary/aromatic N) is 2. The lowest BCUT2D eigenvalue weighted by molar-refractivity contribution is 0.0526. The van der Waals surface area contributed by atoms with Crippen molar-refractivity contribution in [1.82, 2.24) is 4.57 Å². The van der Waals surface area contributed by atoms with Gasteiger partial charge in [0.2, 0.25) is 0 Å². The third kappa shape index (κ3) is 4.06.